The third-order valence-corrected chi connectivity index (χ3v) is 5.48. The van der Waals surface area contributed by atoms with Gasteiger partial charge in [0.2, 0.25) is 0 Å². The Bertz CT molecular complexity index is 170. The SMILES string of the molecule is NC1CCCN(C2CSCCSC2)C1. The van der Waals surface area contributed by atoms with Gasteiger partial charge in [-0.2, -0.15) is 23.5 Å². The summed E-state index contributed by atoms with van der Waals surface area (Å²) in [5, 5.41) is 0. The summed E-state index contributed by atoms with van der Waals surface area (Å²) in [4.78, 5) is 2.62. The maximum atomic E-state index is 6.02. The van der Waals surface area contributed by atoms with Gasteiger partial charge in [-0.1, -0.05) is 0 Å². The van der Waals surface area contributed by atoms with Crippen LogP contribution in [0.5, 0.6) is 0 Å². The summed E-state index contributed by atoms with van der Waals surface area (Å²) in [5.41, 5.74) is 6.02. The van der Waals surface area contributed by atoms with Crippen molar-refractivity contribution in [3.05, 3.63) is 0 Å². The molecule has 14 heavy (non-hydrogen) atoms. The number of nitrogens with two attached hydrogens (primary N) is 1. The zero-order valence-electron chi connectivity index (χ0n) is 8.65. The molecular formula is C10H20N2S2. The fourth-order valence-corrected chi connectivity index (χ4v) is 4.81. The van der Waals surface area contributed by atoms with Crippen LogP contribution in [-0.2, 0) is 0 Å². The number of likely N-dealkylation sites (tertiary alicyclic amines) is 1. The molecule has 0 amide bonds. The highest BCUT2D eigenvalue weighted by atomic mass is 32.2. The molecule has 0 radical (unpaired) electrons. The summed E-state index contributed by atoms with van der Waals surface area (Å²) >= 11 is 4.23. The third kappa shape index (κ3) is 3.05. The Morgan fingerprint density at radius 3 is 2.50 bits per heavy atom. The average Bonchev–Trinajstić information content (AvgIpc) is 2.45. The first-order valence-electron chi connectivity index (χ1n) is 5.51. The van der Waals surface area contributed by atoms with Gasteiger partial charge in [-0.3, -0.25) is 4.90 Å². The number of rotatable bonds is 1. The lowest BCUT2D eigenvalue weighted by atomic mass is 10.1. The van der Waals surface area contributed by atoms with Gasteiger partial charge in [0.05, 0.1) is 0 Å². The van der Waals surface area contributed by atoms with Crippen LogP contribution in [0.4, 0.5) is 0 Å². The van der Waals surface area contributed by atoms with E-state index in [1.165, 1.54) is 42.4 Å². The maximum absolute atomic E-state index is 6.02. The molecule has 2 aliphatic rings. The van der Waals surface area contributed by atoms with Crippen LogP contribution in [0.15, 0.2) is 0 Å². The van der Waals surface area contributed by atoms with Gasteiger partial charge in [0.25, 0.3) is 0 Å². The van der Waals surface area contributed by atoms with E-state index in [0.29, 0.717) is 6.04 Å². The van der Waals surface area contributed by atoms with Crippen LogP contribution in [0.3, 0.4) is 0 Å². The van der Waals surface area contributed by atoms with Crippen LogP contribution in [0, 0.1) is 0 Å². The van der Waals surface area contributed by atoms with Crippen molar-refractivity contribution in [2.24, 2.45) is 5.73 Å². The number of thioether (sulfide) groups is 2. The predicted octanol–water partition coefficient (Wildman–Crippen LogP) is 1.26. The van der Waals surface area contributed by atoms with Gasteiger partial charge in [-0.25, -0.2) is 0 Å². The summed E-state index contributed by atoms with van der Waals surface area (Å²) in [6, 6.07) is 1.22. The van der Waals surface area contributed by atoms with Crippen LogP contribution in [0.2, 0.25) is 0 Å². The van der Waals surface area contributed by atoms with Gasteiger partial charge >= 0.3 is 0 Å². The highest BCUT2D eigenvalue weighted by Gasteiger charge is 2.24. The largest absolute Gasteiger partial charge is 0.327 e. The lowest BCUT2D eigenvalue weighted by Crippen LogP contribution is -2.49. The third-order valence-electron chi connectivity index (χ3n) is 3.00. The van der Waals surface area contributed by atoms with Crippen molar-refractivity contribution in [1.29, 1.82) is 0 Å². The van der Waals surface area contributed by atoms with E-state index in [0.717, 1.165) is 12.6 Å². The molecule has 82 valence electrons. The quantitative estimate of drug-likeness (QED) is 0.737. The Morgan fingerprint density at radius 1 is 1.14 bits per heavy atom. The summed E-state index contributed by atoms with van der Waals surface area (Å²) in [6.07, 6.45) is 2.52. The number of hydrogen-bond donors (Lipinski definition) is 1. The van der Waals surface area contributed by atoms with Crippen LogP contribution < -0.4 is 5.73 Å². The van der Waals surface area contributed by atoms with Gasteiger partial charge in [0.1, 0.15) is 0 Å². The van der Waals surface area contributed by atoms with Crippen LogP contribution in [-0.4, -0.2) is 53.1 Å². The Labute approximate surface area is 95.4 Å². The predicted molar refractivity (Wildman–Crippen MR) is 67.2 cm³/mol. The second-order valence-corrected chi connectivity index (χ2v) is 6.50. The highest BCUT2D eigenvalue weighted by Crippen LogP contribution is 2.22. The molecule has 2 nitrogen and oxygen atoms in total. The van der Waals surface area contributed by atoms with Crippen LogP contribution >= 0.6 is 23.5 Å². The minimum atomic E-state index is 0.432. The first-order valence-corrected chi connectivity index (χ1v) is 7.82. The molecule has 1 atom stereocenters. The van der Waals surface area contributed by atoms with Gasteiger partial charge < -0.3 is 5.73 Å². The van der Waals surface area contributed by atoms with Crippen molar-refractivity contribution < 1.29 is 0 Å². The van der Waals surface area contributed by atoms with E-state index in [2.05, 4.69) is 28.4 Å². The molecule has 0 aliphatic carbocycles. The van der Waals surface area contributed by atoms with E-state index >= 15 is 0 Å². The van der Waals surface area contributed by atoms with Crippen molar-refractivity contribution in [3.8, 4) is 0 Å². The van der Waals surface area contributed by atoms with Crippen molar-refractivity contribution >= 4 is 23.5 Å². The van der Waals surface area contributed by atoms with E-state index in [-0.39, 0.29) is 0 Å². The normalized spacial score (nSPS) is 32.8. The van der Waals surface area contributed by atoms with Crippen LogP contribution in [0.25, 0.3) is 0 Å². The molecule has 0 aromatic carbocycles. The van der Waals surface area contributed by atoms with Crippen molar-refractivity contribution in [2.45, 2.75) is 24.9 Å². The summed E-state index contributed by atoms with van der Waals surface area (Å²) in [5.74, 6) is 5.31. The van der Waals surface area contributed by atoms with E-state index in [1.54, 1.807) is 0 Å². The van der Waals surface area contributed by atoms with E-state index < -0.39 is 0 Å². The van der Waals surface area contributed by atoms with Gasteiger partial charge in [0.15, 0.2) is 0 Å². The second-order valence-electron chi connectivity index (χ2n) is 4.20. The average molecular weight is 232 g/mol. The minimum absolute atomic E-state index is 0.432. The van der Waals surface area contributed by atoms with Crippen molar-refractivity contribution in [3.63, 3.8) is 0 Å². The molecule has 1 unspecified atom stereocenters. The van der Waals surface area contributed by atoms with Crippen LogP contribution in [0.1, 0.15) is 12.8 Å². The Hall–Kier alpha value is 0.620. The number of nitrogens with zero attached hydrogens (tertiary/aromatic N) is 1. The van der Waals surface area contributed by atoms with Crippen molar-refractivity contribution in [2.75, 3.05) is 36.1 Å². The summed E-state index contributed by atoms with van der Waals surface area (Å²) < 4.78 is 0. The maximum Gasteiger partial charge on any atom is 0.0277 e. The number of piperidine rings is 1. The lowest BCUT2D eigenvalue weighted by Gasteiger charge is -2.36. The van der Waals surface area contributed by atoms with Gasteiger partial charge in [-0.05, 0) is 19.4 Å². The first kappa shape index (κ1) is 11.1. The molecule has 2 rings (SSSR count). The van der Waals surface area contributed by atoms with E-state index in [4.69, 9.17) is 5.73 Å². The fourth-order valence-electron chi connectivity index (χ4n) is 2.19. The first-order chi connectivity index (χ1) is 6.86. The smallest absolute Gasteiger partial charge is 0.0277 e. The standard InChI is InChI=1S/C10H20N2S2/c11-9-2-1-3-12(6-9)10-7-13-4-5-14-8-10/h9-10H,1-8,11H2. The molecule has 0 aromatic rings. The minimum Gasteiger partial charge on any atom is -0.327 e. The van der Waals surface area contributed by atoms with Crippen molar-refractivity contribution in [1.82, 2.24) is 4.90 Å². The Balaban J connectivity index is 1.85. The molecule has 4 heteroatoms. The summed E-state index contributed by atoms with van der Waals surface area (Å²) in [6.45, 7) is 2.41. The van der Waals surface area contributed by atoms with E-state index in [1.807, 2.05) is 0 Å². The molecule has 2 heterocycles. The Kier molecular flexibility index (Phi) is 4.47. The zero-order chi connectivity index (χ0) is 9.80. The molecule has 2 fully saturated rings. The molecule has 2 aliphatic heterocycles. The van der Waals surface area contributed by atoms with E-state index in [9.17, 15) is 0 Å². The monoisotopic (exact) mass is 232 g/mol. The van der Waals surface area contributed by atoms with Gasteiger partial charge in [-0.15, -0.1) is 0 Å². The summed E-state index contributed by atoms with van der Waals surface area (Å²) in [7, 11) is 0. The number of hydrogen-bond acceptors (Lipinski definition) is 4. The topological polar surface area (TPSA) is 29.3 Å². The molecule has 0 aromatic heterocycles. The fraction of sp³-hybridized carbons (Fsp3) is 1.00. The molecule has 0 spiro atoms. The Morgan fingerprint density at radius 2 is 1.86 bits per heavy atom. The molecular weight excluding hydrogens is 212 g/mol. The molecule has 2 saturated heterocycles. The van der Waals surface area contributed by atoms with Gasteiger partial charge in [0, 0.05) is 41.6 Å². The highest BCUT2D eigenvalue weighted by molar-refractivity contribution is 8.03. The second kappa shape index (κ2) is 5.64. The lowest BCUT2D eigenvalue weighted by molar-refractivity contribution is 0.174. The molecule has 0 saturated carbocycles. The molecule has 2 N–H and O–H groups in total. The zero-order valence-corrected chi connectivity index (χ0v) is 10.3. The molecule has 0 bridgehead atoms.